The molecule has 0 bridgehead atoms. The largest absolute Gasteiger partial charge is 0.394 e. The van der Waals surface area contributed by atoms with Crippen LogP contribution in [0.5, 0.6) is 0 Å². The normalized spacial score (nSPS) is 15.2. The molecular formula is C13H18N6O3. The van der Waals surface area contributed by atoms with Gasteiger partial charge in [-0.15, -0.1) is 6.42 Å². The van der Waals surface area contributed by atoms with E-state index < -0.39 is 25.0 Å². The Morgan fingerprint density at radius 1 is 1.55 bits per heavy atom. The van der Waals surface area contributed by atoms with Crippen molar-refractivity contribution < 1.29 is 14.9 Å². The minimum atomic E-state index is -1.21. The fraction of sp³-hybridized carbons (Fsp3) is 0.462. The summed E-state index contributed by atoms with van der Waals surface area (Å²) in [5, 5.41) is 21.7. The first-order valence-electron chi connectivity index (χ1n) is 6.60. The quantitative estimate of drug-likeness (QED) is 0.517. The molecule has 9 heteroatoms. The van der Waals surface area contributed by atoms with Crippen LogP contribution in [0.1, 0.15) is 13.2 Å². The summed E-state index contributed by atoms with van der Waals surface area (Å²) in [5.41, 5.74) is 6.68. The lowest BCUT2D eigenvalue weighted by Gasteiger charge is -2.23. The van der Waals surface area contributed by atoms with Crippen molar-refractivity contribution in [2.24, 2.45) is 0 Å². The number of rotatable bonds is 6. The van der Waals surface area contributed by atoms with Crippen molar-refractivity contribution in [2.45, 2.75) is 25.4 Å². The Hall–Kier alpha value is -2.41. The monoisotopic (exact) mass is 306 g/mol. The first-order chi connectivity index (χ1) is 10.5. The van der Waals surface area contributed by atoms with Crippen LogP contribution in [0.2, 0.25) is 0 Å². The summed E-state index contributed by atoms with van der Waals surface area (Å²) < 4.78 is 7.19. The summed E-state index contributed by atoms with van der Waals surface area (Å²) >= 11 is 0. The Balaban J connectivity index is 2.34. The highest BCUT2D eigenvalue weighted by atomic mass is 16.5. The molecule has 22 heavy (non-hydrogen) atoms. The van der Waals surface area contributed by atoms with Gasteiger partial charge in [0.1, 0.15) is 18.4 Å². The molecule has 0 aromatic carbocycles. The molecule has 0 saturated heterocycles. The fourth-order valence-electron chi connectivity index (χ4n) is 2.02. The van der Waals surface area contributed by atoms with Gasteiger partial charge >= 0.3 is 0 Å². The number of anilines is 2. The van der Waals surface area contributed by atoms with E-state index >= 15 is 0 Å². The Labute approximate surface area is 127 Å². The predicted molar refractivity (Wildman–Crippen MR) is 80.8 cm³/mol. The molecule has 0 aliphatic rings. The first kappa shape index (κ1) is 16.0. The molecule has 0 aliphatic heterocycles. The van der Waals surface area contributed by atoms with Crippen LogP contribution in [-0.2, 0) is 4.74 Å². The molecule has 0 amide bonds. The van der Waals surface area contributed by atoms with Crippen molar-refractivity contribution in [1.82, 2.24) is 19.5 Å². The van der Waals surface area contributed by atoms with Gasteiger partial charge in [0.2, 0.25) is 5.95 Å². The van der Waals surface area contributed by atoms with Crippen LogP contribution in [0.25, 0.3) is 11.2 Å². The molecule has 0 fully saturated rings. The van der Waals surface area contributed by atoms with Gasteiger partial charge in [0.15, 0.2) is 17.0 Å². The van der Waals surface area contributed by atoms with Crippen molar-refractivity contribution in [1.29, 1.82) is 0 Å². The van der Waals surface area contributed by atoms with Gasteiger partial charge in [-0.05, 0) is 6.92 Å². The molecule has 2 aromatic rings. The third kappa shape index (κ3) is 2.94. The summed E-state index contributed by atoms with van der Waals surface area (Å²) in [6, 6.07) is 0. The lowest BCUT2D eigenvalue weighted by molar-refractivity contribution is -0.101. The van der Waals surface area contributed by atoms with Crippen molar-refractivity contribution in [3.8, 4) is 12.3 Å². The highest BCUT2D eigenvalue weighted by molar-refractivity contribution is 5.84. The van der Waals surface area contributed by atoms with Crippen molar-refractivity contribution in [3.05, 3.63) is 6.33 Å². The number of aliphatic hydroxyl groups is 2. The Morgan fingerprint density at radius 2 is 2.27 bits per heavy atom. The SMILES string of the molecule is C#CC(O)C(CO)OC(C)n1cnc2c(NC)nc(N)nc21. The first-order valence-corrected chi connectivity index (χ1v) is 6.60. The molecule has 3 atom stereocenters. The zero-order valence-corrected chi connectivity index (χ0v) is 12.3. The van der Waals surface area contributed by atoms with Gasteiger partial charge in [-0.2, -0.15) is 9.97 Å². The summed E-state index contributed by atoms with van der Waals surface area (Å²) in [4.78, 5) is 12.4. The number of ether oxygens (including phenoxy) is 1. The number of hydrogen-bond donors (Lipinski definition) is 4. The van der Waals surface area contributed by atoms with Crippen LogP contribution in [-0.4, -0.2) is 55.6 Å². The van der Waals surface area contributed by atoms with E-state index in [4.69, 9.17) is 16.9 Å². The lowest BCUT2D eigenvalue weighted by atomic mass is 10.2. The second kappa shape index (κ2) is 6.57. The number of nitrogens with one attached hydrogen (secondary N) is 1. The van der Waals surface area contributed by atoms with Crippen LogP contribution in [0, 0.1) is 12.3 Å². The van der Waals surface area contributed by atoms with Gasteiger partial charge in [-0.25, -0.2) is 4.98 Å². The number of aromatic nitrogens is 4. The van der Waals surface area contributed by atoms with E-state index in [1.54, 1.807) is 18.5 Å². The molecule has 2 heterocycles. The zero-order chi connectivity index (χ0) is 16.3. The lowest BCUT2D eigenvalue weighted by Crippen LogP contribution is -2.33. The number of nitrogen functional groups attached to an aromatic ring is 1. The standard InChI is InChI=1S/C13H18N6O3/c1-4-8(21)9(5-20)22-7(2)19-6-16-10-11(15-3)17-13(14)18-12(10)19/h1,6-9,20-21H,5H2,2-3H3,(H3,14,15,17,18). The second-order valence-electron chi connectivity index (χ2n) is 4.57. The number of imidazole rings is 1. The highest BCUT2D eigenvalue weighted by Crippen LogP contribution is 2.23. The van der Waals surface area contributed by atoms with Crippen LogP contribution >= 0.6 is 0 Å². The molecule has 118 valence electrons. The Kier molecular flexibility index (Phi) is 4.77. The van der Waals surface area contributed by atoms with E-state index in [-0.39, 0.29) is 5.95 Å². The molecule has 3 unspecified atom stereocenters. The average Bonchev–Trinajstić information content (AvgIpc) is 2.94. The highest BCUT2D eigenvalue weighted by Gasteiger charge is 2.22. The molecular weight excluding hydrogens is 288 g/mol. The third-order valence-electron chi connectivity index (χ3n) is 3.14. The van der Waals surface area contributed by atoms with Gasteiger partial charge in [-0.3, -0.25) is 4.57 Å². The summed E-state index contributed by atoms with van der Waals surface area (Å²) in [7, 11) is 1.70. The predicted octanol–water partition coefficient (Wildman–Crippen LogP) is -0.660. The van der Waals surface area contributed by atoms with Gasteiger partial charge < -0.3 is 26.0 Å². The summed E-state index contributed by atoms with van der Waals surface area (Å²) in [6.45, 7) is 1.30. The minimum Gasteiger partial charge on any atom is -0.394 e. The van der Waals surface area contributed by atoms with E-state index in [0.717, 1.165) is 0 Å². The summed E-state index contributed by atoms with van der Waals surface area (Å²) in [6.07, 6.45) is 3.94. The molecule has 2 rings (SSSR count). The average molecular weight is 306 g/mol. The van der Waals surface area contributed by atoms with Gasteiger partial charge in [0, 0.05) is 7.05 Å². The number of aliphatic hydroxyl groups excluding tert-OH is 2. The van der Waals surface area contributed by atoms with Crippen LogP contribution in [0.4, 0.5) is 11.8 Å². The molecule has 5 N–H and O–H groups in total. The smallest absolute Gasteiger partial charge is 0.224 e. The number of nitrogens with two attached hydrogens (primary N) is 1. The minimum absolute atomic E-state index is 0.0909. The zero-order valence-electron chi connectivity index (χ0n) is 12.3. The van der Waals surface area contributed by atoms with Crippen LogP contribution < -0.4 is 11.1 Å². The Bertz CT molecular complexity index is 695. The van der Waals surface area contributed by atoms with Gasteiger partial charge in [0.05, 0.1) is 12.9 Å². The Morgan fingerprint density at radius 3 is 2.86 bits per heavy atom. The number of nitrogens with zero attached hydrogens (tertiary/aromatic N) is 4. The second-order valence-corrected chi connectivity index (χ2v) is 4.57. The molecule has 2 aromatic heterocycles. The number of fused-ring (bicyclic) bond motifs is 1. The van der Waals surface area contributed by atoms with E-state index in [1.165, 1.54) is 6.33 Å². The fourth-order valence-corrected chi connectivity index (χ4v) is 2.02. The van der Waals surface area contributed by atoms with Gasteiger partial charge in [-0.1, -0.05) is 5.92 Å². The van der Waals surface area contributed by atoms with Crippen molar-refractivity contribution >= 4 is 22.9 Å². The van der Waals surface area contributed by atoms with E-state index in [2.05, 4.69) is 26.2 Å². The van der Waals surface area contributed by atoms with E-state index in [0.29, 0.717) is 17.0 Å². The maximum Gasteiger partial charge on any atom is 0.224 e. The maximum atomic E-state index is 9.60. The van der Waals surface area contributed by atoms with E-state index in [9.17, 15) is 10.2 Å². The number of terminal acetylenes is 1. The van der Waals surface area contributed by atoms with Crippen molar-refractivity contribution in [3.63, 3.8) is 0 Å². The molecule has 0 radical (unpaired) electrons. The molecule has 0 aliphatic carbocycles. The molecule has 0 spiro atoms. The van der Waals surface area contributed by atoms with Crippen LogP contribution in [0.15, 0.2) is 6.33 Å². The number of hydrogen-bond acceptors (Lipinski definition) is 8. The maximum absolute atomic E-state index is 9.60. The van der Waals surface area contributed by atoms with Crippen molar-refractivity contribution in [2.75, 3.05) is 24.7 Å². The molecule has 0 saturated carbocycles. The third-order valence-corrected chi connectivity index (χ3v) is 3.14. The topological polar surface area (TPSA) is 131 Å². The van der Waals surface area contributed by atoms with E-state index in [1.807, 2.05) is 0 Å². The molecule has 9 nitrogen and oxygen atoms in total. The van der Waals surface area contributed by atoms with Gasteiger partial charge in [0.25, 0.3) is 0 Å². The van der Waals surface area contributed by atoms with Crippen LogP contribution in [0.3, 0.4) is 0 Å². The summed E-state index contributed by atoms with van der Waals surface area (Å²) in [5.74, 6) is 2.71.